The molecule has 0 fully saturated rings. The summed E-state index contributed by atoms with van der Waals surface area (Å²) in [6.45, 7) is 13.0. The van der Waals surface area contributed by atoms with E-state index in [1.807, 2.05) is 45.0 Å². The fraction of sp³-hybridized carbons (Fsp3) is 0.611. The maximum absolute atomic E-state index is 12.2. The first-order valence-corrected chi connectivity index (χ1v) is 10.3. The molecule has 0 atom stereocenters. The topological polar surface area (TPSA) is 82.6 Å². The third kappa shape index (κ3) is 8.88. The lowest BCUT2D eigenvalue weighted by Crippen LogP contribution is -2.47. The van der Waals surface area contributed by atoms with Crippen LogP contribution >= 0.6 is 0 Å². The first-order chi connectivity index (χ1) is 11.5. The molecule has 0 unspecified atom stereocenters. The fourth-order valence-electron chi connectivity index (χ4n) is 2.28. The molecule has 0 heterocycles. The predicted molar refractivity (Wildman–Crippen MR) is 105 cm³/mol. The molecule has 142 valence electrons. The average molecular weight is 369 g/mol. The zero-order valence-corrected chi connectivity index (χ0v) is 17.0. The van der Waals surface area contributed by atoms with Crippen molar-refractivity contribution >= 4 is 16.0 Å². The Morgan fingerprint density at radius 3 is 2.28 bits per heavy atom. The Labute approximate surface area is 152 Å². The summed E-state index contributed by atoms with van der Waals surface area (Å²) in [4.78, 5) is 4.60. The Morgan fingerprint density at radius 1 is 1.16 bits per heavy atom. The number of hydrogen-bond donors (Lipinski definition) is 3. The molecule has 1 rings (SSSR count). The molecule has 0 aliphatic rings. The van der Waals surface area contributed by atoms with Crippen LogP contribution in [0.3, 0.4) is 0 Å². The van der Waals surface area contributed by atoms with Crippen molar-refractivity contribution in [2.75, 3.05) is 6.54 Å². The third-order valence-corrected chi connectivity index (χ3v) is 4.65. The Bertz CT molecular complexity index is 677. The minimum absolute atomic E-state index is 0.0416. The van der Waals surface area contributed by atoms with E-state index in [-0.39, 0.29) is 17.3 Å². The van der Waals surface area contributed by atoms with Gasteiger partial charge in [-0.2, -0.15) is 0 Å². The quantitative estimate of drug-likeness (QED) is 0.510. The zero-order valence-electron chi connectivity index (χ0n) is 16.2. The number of nitrogens with zero attached hydrogens (tertiary/aromatic N) is 1. The summed E-state index contributed by atoms with van der Waals surface area (Å²) in [5, 5.41) is 6.54. The van der Waals surface area contributed by atoms with Gasteiger partial charge in [-0.3, -0.25) is 0 Å². The van der Waals surface area contributed by atoms with Gasteiger partial charge in [0.1, 0.15) is 0 Å². The van der Waals surface area contributed by atoms with Gasteiger partial charge in [-0.1, -0.05) is 24.3 Å². The van der Waals surface area contributed by atoms with Crippen molar-refractivity contribution in [1.82, 2.24) is 15.4 Å². The van der Waals surface area contributed by atoms with E-state index in [1.54, 1.807) is 0 Å². The molecule has 0 saturated heterocycles. The first kappa shape index (κ1) is 21.4. The van der Waals surface area contributed by atoms with Crippen LogP contribution in [-0.4, -0.2) is 32.5 Å². The van der Waals surface area contributed by atoms with Crippen LogP contribution in [0.1, 0.15) is 52.7 Å². The van der Waals surface area contributed by atoms with E-state index in [9.17, 15) is 8.42 Å². The van der Waals surface area contributed by atoms with Crippen molar-refractivity contribution in [2.24, 2.45) is 4.99 Å². The van der Waals surface area contributed by atoms with Crippen LogP contribution in [0, 0.1) is 0 Å². The number of nitrogens with one attached hydrogen (secondary N) is 3. The molecule has 1 aromatic rings. The van der Waals surface area contributed by atoms with Crippen molar-refractivity contribution in [2.45, 2.75) is 65.4 Å². The van der Waals surface area contributed by atoms with E-state index in [1.165, 1.54) is 0 Å². The molecule has 0 amide bonds. The predicted octanol–water partition coefficient (Wildman–Crippen LogP) is 2.37. The smallest absolute Gasteiger partial charge is 0.216 e. The summed E-state index contributed by atoms with van der Waals surface area (Å²) in [5.74, 6) is 0.674. The van der Waals surface area contributed by atoms with Gasteiger partial charge in [-0.25, -0.2) is 18.1 Å². The second kappa shape index (κ2) is 9.20. The van der Waals surface area contributed by atoms with Gasteiger partial charge >= 0.3 is 0 Å². The van der Waals surface area contributed by atoms with Gasteiger partial charge in [0.05, 0.1) is 12.3 Å². The van der Waals surface area contributed by atoms with Crippen LogP contribution in [0.25, 0.3) is 0 Å². The molecule has 7 heteroatoms. The molecular weight excluding hydrogens is 336 g/mol. The van der Waals surface area contributed by atoms with Gasteiger partial charge in [0.2, 0.25) is 10.0 Å². The molecule has 0 aliphatic carbocycles. The van der Waals surface area contributed by atoms with Crippen LogP contribution in [0.2, 0.25) is 0 Å². The number of sulfonamides is 1. The van der Waals surface area contributed by atoms with Crippen LogP contribution in [0.4, 0.5) is 0 Å². The summed E-state index contributed by atoms with van der Waals surface area (Å²) in [5.41, 5.74) is 1.57. The molecule has 3 N–H and O–H groups in total. The molecule has 6 nitrogen and oxygen atoms in total. The zero-order chi connectivity index (χ0) is 19.1. The summed E-state index contributed by atoms with van der Waals surface area (Å²) in [7, 11) is -3.36. The summed E-state index contributed by atoms with van der Waals surface area (Å²) in [6, 6.07) is 7.40. The van der Waals surface area contributed by atoms with E-state index < -0.39 is 10.0 Å². The number of guanidine groups is 1. The Hall–Kier alpha value is -1.60. The van der Waals surface area contributed by atoms with Gasteiger partial charge < -0.3 is 10.6 Å². The summed E-state index contributed by atoms with van der Waals surface area (Å²) in [6.07, 6.45) is 0. The minimum atomic E-state index is -3.36. The van der Waals surface area contributed by atoms with Crippen molar-refractivity contribution in [3.63, 3.8) is 0 Å². The molecule has 0 aromatic heterocycles. The lowest BCUT2D eigenvalue weighted by atomic mass is 10.1. The number of benzene rings is 1. The third-order valence-electron chi connectivity index (χ3n) is 3.12. The van der Waals surface area contributed by atoms with Crippen LogP contribution in [0.15, 0.2) is 29.3 Å². The van der Waals surface area contributed by atoms with Gasteiger partial charge in [0.25, 0.3) is 0 Å². The molecule has 1 aromatic carbocycles. The Kier molecular flexibility index (Phi) is 7.89. The summed E-state index contributed by atoms with van der Waals surface area (Å²) >= 11 is 0. The van der Waals surface area contributed by atoms with Gasteiger partial charge in [-0.15, -0.1) is 0 Å². The minimum Gasteiger partial charge on any atom is -0.357 e. The lowest BCUT2D eigenvalue weighted by Gasteiger charge is -2.23. The largest absolute Gasteiger partial charge is 0.357 e. The first-order valence-electron chi connectivity index (χ1n) is 8.65. The molecule has 0 spiro atoms. The highest BCUT2D eigenvalue weighted by atomic mass is 32.2. The highest BCUT2D eigenvalue weighted by Gasteiger charge is 2.16. The van der Waals surface area contributed by atoms with Gasteiger partial charge in [0.15, 0.2) is 5.96 Å². The SMILES string of the molecule is CCNC(=NCc1ccccc1CS(=O)(=O)NC(C)C)NC(C)(C)C. The average Bonchev–Trinajstić information content (AvgIpc) is 2.43. The van der Waals surface area contributed by atoms with Crippen molar-refractivity contribution in [1.29, 1.82) is 0 Å². The van der Waals surface area contributed by atoms with Crippen molar-refractivity contribution in [3.05, 3.63) is 35.4 Å². The van der Waals surface area contributed by atoms with Crippen molar-refractivity contribution in [3.8, 4) is 0 Å². The fourth-order valence-corrected chi connectivity index (χ4v) is 3.78. The highest BCUT2D eigenvalue weighted by molar-refractivity contribution is 7.88. The van der Waals surface area contributed by atoms with E-state index in [0.717, 1.165) is 17.7 Å². The van der Waals surface area contributed by atoms with Crippen LogP contribution in [0.5, 0.6) is 0 Å². The normalized spacial score (nSPS) is 13.2. The second-order valence-corrected chi connectivity index (χ2v) is 9.12. The van der Waals surface area contributed by atoms with E-state index in [4.69, 9.17) is 0 Å². The monoisotopic (exact) mass is 368 g/mol. The van der Waals surface area contributed by atoms with Crippen molar-refractivity contribution < 1.29 is 8.42 Å². The molecular formula is C18H32N4O2S. The Balaban J connectivity index is 2.97. The maximum Gasteiger partial charge on any atom is 0.216 e. The highest BCUT2D eigenvalue weighted by Crippen LogP contribution is 2.14. The molecule has 0 aliphatic heterocycles. The van der Waals surface area contributed by atoms with Crippen LogP contribution < -0.4 is 15.4 Å². The van der Waals surface area contributed by atoms with Crippen LogP contribution in [-0.2, 0) is 22.3 Å². The van der Waals surface area contributed by atoms with Gasteiger partial charge in [-0.05, 0) is 52.7 Å². The van der Waals surface area contributed by atoms with E-state index in [0.29, 0.717) is 12.5 Å². The molecule has 0 radical (unpaired) electrons. The van der Waals surface area contributed by atoms with Gasteiger partial charge in [0, 0.05) is 18.1 Å². The number of hydrogen-bond acceptors (Lipinski definition) is 3. The lowest BCUT2D eigenvalue weighted by molar-refractivity contribution is 0.501. The van der Waals surface area contributed by atoms with E-state index in [2.05, 4.69) is 41.1 Å². The second-order valence-electron chi connectivity index (χ2n) is 7.37. The number of rotatable bonds is 7. The molecule has 0 saturated carbocycles. The Morgan fingerprint density at radius 2 is 1.76 bits per heavy atom. The standard InChI is InChI=1S/C18H32N4O2S/c1-7-19-17(21-18(4,5)6)20-12-15-10-8-9-11-16(15)13-25(23,24)22-14(2)3/h8-11,14,22H,7,12-13H2,1-6H3,(H2,19,20,21). The summed E-state index contributed by atoms with van der Waals surface area (Å²) < 4.78 is 27.1. The number of aliphatic imine (C=N–C) groups is 1. The maximum atomic E-state index is 12.2. The van der Waals surface area contributed by atoms with E-state index >= 15 is 0 Å². The molecule has 25 heavy (non-hydrogen) atoms. The molecule has 0 bridgehead atoms.